The minimum Gasteiger partial charge on any atom is -0.871 e. The van der Waals surface area contributed by atoms with Crippen LogP contribution in [-0.2, 0) is 20.3 Å². The van der Waals surface area contributed by atoms with Crippen molar-refractivity contribution in [2.45, 2.75) is 48.4 Å². The molecule has 6 rings (SSSR count). The first-order valence-corrected chi connectivity index (χ1v) is 9.74. The number of fused-ring (bicyclic) bond motifs is 4. The molecule has 134 valence electrons. The van der Waals surface area contributed by atoms with Gasteiger partial charge in [-0.2, -0.15) is 4.89 Å². The topological polar surface area (TPSA) is 50.8 Å². The first-order valence-electron chi connectivity index (χ1n) is 8.99. The number of rotatable bonds is 2. The van der Waals surface area contributed by atoms with Crippen molar-refractivity contribution in [1.82, 2.24) is 0 Å². The summed E-state index contributed by atoms with van der Waals surface area (Å²) < 4.78 is 5.96. The molecule has 4 saturated carbocycles. The Hall–Kier alpha value is -0.520. The molecule has 4 nitrogen and oxygen atoms in total. The van der Waals surface area contributed by atoms with Gasteiger partial charge in [-0.25, -0.2) is 4.89 Å². The van der Waals surface area contributed by atoms with Gasteiger partial charge in [0.15, 0.2) is 5.60 Å². The molecule has 0 radical (unpaired) electrons. The predicted molar refractivity (Wildman–Crippen MR) is 89.1 cm³/mol. The molecule has 4 aliphatic carbocycles. The van der Waals surface area contributed by atoms with Gasteiger partial charge < -0.3 is 9.84 Å². The van der Waals surface area contributed by atoms with E-state index in [0.29, 0.717) is 17.4 Å². The van der Waals surface area contributed by atoms with Crippen LogP contribution in [0.25, 0.3) is 0 Å². The van der Waals surface area contributed by atoms with Gasteiger partial charge in [0.05, 0.1) is 4.87 Å². The maximum Gasteiger partial charge on any atom is 0.260 e. The average Bonchev–Trinajstić information content (AvgIpc) is 2.91. The normalized spacial score (nSPS) is 54.4. The highest BCUT2D eigenvalue weighted by Gasteiger charge is 2.86. The van der Waals surface area contributed by atoms with Crippen molar-refractivity contribution in [1.29, 1.82) is 0 Å². The highest BCUT2D eigenvalue weighted by atomic mass is 35.5. The van der Waals surface area contributed by atoms with E-state index in [1.165, 1.54) is 6.07 Å². The van der Waals surface area contributed by atoms with Crippen LogP contribution in [0.15, 0.2) is 18.2 Å². The summed E-state index contributed by atoms with van der Waals surface area (Å²) in [5, 5.41) is 12.3. The summed E-state index contributed by atoms with van der Waals surface area (Å²) in [5.41, 5.74) is 0.424. The van der Waals surface area contributed by atoms with Crippen LogP contribution < -0.4 is 5.11 Å². The maximum atomic E-state index is 12.1. The molecule has 7 atom stereocenters. The van der Waals surface area contributed by atoms with E-state index >= 15 is 0 Å². The third-order valence-electron chi connectivity index (χ3n) is 8.23. The van der Waals surface area contributed by atoms with Gasteiger partial charge in [0.1, 0.15) is 0 Å². The van der Waals surface area contributed by atoms with Crippen LogP contribution in [0.2, 0.25) is 5.02 Å². The van der Waals surface area contributed by atoms with E-state index in [4.69, 9.17) is 37.7 Å². The summed E-state index contributed by atoms with van der Waals surface area (Å²) in [7, 11) is 1.63. The minimum absolute atomic E-state index is 0.0806. The number of halogens is 2. The second kappa shape index (κ2) is 4.31. The van der Waals surface area contributed by atoms with Crippen molar-refractivity contribution >= 4 is 23.2 Å². The molecule has 1 aromatic carbocycles. The minimum atomic E-state index is -1.05. The molecule has 1 aliphatic heterocycles. The van der Waals surface area contributed by atoms with Crippen molar-refractivity contribution in [3.05, 3.63) is 28.8 Å². The van der Waals surface area contributed by atoms with E-state index in [1.54, 1.807) is 13.2 Å². The number of hydrogen-bond acceptors (Lipinski definition) is 4. The van der Waals surface area contributed by atoms with Crippen LogP contribution in [0, 0.1) is 23.2 Å². The summed E-state index contributed by atoms with van der Waals surface area (Å²) in [6, 6.07) is 4.96. The van der Waals surface area contributed by atoms with Crippen molar-refractivity contribution < 1.29 is 19.6 Å². The lowest BCUT2D eigenvalue weighted by Gasteiger charge is -2.61. The van der Waals surface area contributed by atoms with E-state index in [0.717, 1.165) is 32.1 Å². The van der Waals surface area contributed by atoms with Crippen LogP contribution in [0.4, 0.5) is 0 Å². The third-order valence-corrected chi connectivity index (χ3v) is 9.22. The van der Waals surface area contributed by atoms with Gasteiger partial charge >= 0.3 is 0 Å². The van der Waals surface area contributed by atoms with Gasteiger partial charge in [0.25, 0.3) is 5.79 Å². The quantitative estimate of drug-likeness (QED) is 0.578. The fourth-order valence-electron chi connectivity index (χ4n) is 7.31. The van der Waals surface area contributed by atoms with Crippen molar-refractivity contribution in [2.75, 3.05) is 7.11 Å². The molecule has 7 unspecified atom stereocenters. The molecule has 3 bridgehead atoms. The lowest BCUT2D eigenvalue weighted by Crippen LogP contribution is -2.72. The van der Waals surface area contributed by atoms with E-state index in [-0.39, 0.29) is 27.0 Å². The fourth-order valence-corrected chi connectivity index (χ4v) is 8.11. The van der Waals surface area contributed by atoms with Crippen LogP contribution in [0.3, 0.4) is 0 Å². The third kappa shape index (κ3) is 1.38. The number of alkyl halides is 1. The standard InChI is InChI=1S/C19H20Cl2O4/c1-23-19(10-2-3-14(20)15(22)5-10)18(24-25-19)12-4-11-8-17(21)9-13(18)7-16(11,17)6-12/h2-3,5,11-13,22H,4,6-9H2,1H3/p-1. The fraction of sp³-hybridized carbons (Fsp3) is 0.684. The molecule has 6 heteroatoms. The summed E-state index contributed by atoms with van der Waals surface area (Å²) in [6.45, 7) is 0. The number of methoxy groups -OCH3 is 1. The molecule has 1 aromatic rings. The Morgan fingerprint density at radius 1 is 1.12 bits per heavy atom. The Kier molecular flexibility index (Phi) is 2.68. The molecule has 1 heterocycles. The molecular formula is C19H19Cl2O4-. The van der Waals surface area contributed by atoms with Crippen LogP contribution >= 0.6 is 23.2 Å². The summed E-state index contributed by atoms with van der Waals surface area (Å²) >= 11 is 13.0. The summed E-state index contributed by atoms with van der Waals surface area (Å²) in [6.07, 6.45) is 5.32. The van der Waals surface area contributed by atoms with Gasteiger partial charge in [0.2, 0.25) is 0 Å². The number of benzene rings is 1. The molecular weight excluding hydrogens is 363 g/mol. The lowest BCUT2D eigenvalue weighted by atomic mass is 9.54. The molecule has 0 N–H and O–H groups in total. The van der Waals surface area contributed by atoms with Gasteiger partial charge in [-0.3, -0.25) is 0 Å². The monoisotopic (exact) mass is 381 g/mol. The Morgan fingerprint density at radius 3 is 2.56 bits per heavy atom. The maximum absolute atomic E-state index is 12.1. The van der Waals surface area contributed by atoms with Crippen molar-refractivity contribution in [3.8, 4) is 5.75 Å². The average molecular weight is 382 g/mol. The van der Waals surface area contributed by atoms with Gasteiger partial charge in [-0.1, -0.05) is 29.5 Å². The second-order valence-electron chi connectivity index (χ2n) is 8.69. The molecule has 0 amide bonds. The first-order chi connectivity index (χ1) is 11.9. The zero-order valence-corrected chi connectivity index (χ0v) is 15.4. The Balaban J connectivity index is 1.51. The molecule has 2 spiro atoms. The van der Waals surface area contributed by atoms with E-state index in [1.807, 2.05) is 6.07 Å². The zero-order valence-electron chi connectivity index (χ0n) is 13.9. The van der Waals surface area contributed by atoms with Gasteiger partial charge in [0, 0.05) is 17.7 Å². The molecule has 5 fully saturated rings. The number of hydrogen-bond donors (Lipinski definition) is 0. The van der Waals surface area contributed by atoms with Gasteiger partial charge in [-0.05, 0) is 61.3 Å². The summed E-state index contributed by atoms with van der Waals surface area (Å²) in [5.74, 6) is 0.0565. The molecule has 5 aliphatic rings. The van der Waals surface area contributed by atoms with Crippen LogP contribution in [-0.4, -0.2) is 17.6 Å². The lowest BCUT2D eigenvalue weighted by molar-refractivity contribution is -0.638. The highest BCUT2D eigenvalue weighted by molar-refractivity contribution is 6.31. The molecule has 1 saturated heterocycles. The van der Waals surface area contributed by atoms with Crippen LogP contribution in [0.1, 0.15) is 37.7 Å². The van der Waals surface area contributed by atoms with E-state index < -0.39 is 11.4 Å². The van der Waals surface area contributed by atoms with Gasteiger partial charge in [-0.15, -0.1) is 11.6 Å². The SMILES string of the molecule is COC1(c2ccc(Cl)c([O-])c2)OOC12C1CC3CC4(Cl)CC2CC34C1. The molecule has 25 heavy (non-hydrogen) atoms. The predicted octanol–water partition coefficient (Wildman–Crippen LogP) is 3.73. The van der Waals surface area contributed by atoms with Crippen LogP contribution in [0.5, 0.6) is 5.75 Å². The van der Waals surface area contributed by atoms with Crippen molar-refractivity contribution in [3.63, 3.8) is 0 Å². The Bertz CT molecular complexity index is 794. The highest BCUT2D eigenvalue weighted by Crippen LogP contribution is 2.84. The summed E-state index contributed by atoms with van der Waals surface area (Å²) in [4.78, 5) is 11.5. The Morgan fingerprint density at radius 2 is 1.88 bits per heavy atom. The molecule has 0 aromatic heterocycles. The van der Waals surface area contributed by atoms with E-state index in [9.17, 15) is 5.11 Å². The number of ether oxygens (including phenoxy) is 1. The second-order valence-corrected chi connectivity index (χ2v) is 9.82. The Labute approximate surface area is 156 Å². The smallest absolute Gasteiger partial charge is 0.260 e. The largest absolute Gasteiger partial charge is 0.871 e. The van der Waals surface area contributed by atoms with E-state index in [2.05, 4.69) is 0 Å². The zero-order chi connectivity index (χ0) is 17.2. The van der Waals surface area contributed by atoms with Crippen molar-refractivity contribution in [2.24, 2.45) is 23.2 Å². The first kappa shape index (κ1) is 15.5.